The first-order valence-electron chi connectivity index (χ1n) is 40.1. The molecule has 7 heteroatoms. The Kier molecular flexibility index (Phi) is 96.8. The highest BCUT2D eigenvalue weighted by Gasteiger charge is 2.51. The number of rotatable bonds is 7. The van der Waals surface area contributed by atoms with Gasteiger partial charge in [0.2, 0.25) is 0 Å². The molecule has 4 fully saturated rings. The number of alkyl halides is 7. The molecule has 0 aromatic rings. The Morgan fingerprint density at radius 3 is 0.596 bits per heavy atom. The molecule has 0 aliphatic heterocycles. The predicted molar refractivity (Wildman–Crippen MR) is 429 cm³/mol. The van der Waals surface area contributed by atoms with Crippen LogP contribution in [-0.4, -0.2) is 18.0 Å². The average molecular weight is 1370 g/mol. The third-order valence-electron chi connectivity index (χ3n) is 17.1. The van der Waals surface area contributed by atoms with Crippen molar-refractivity contribution in [2.45, 2.75) is 490 Å². The van der Waals surface area contributed by atoms with E-state index in [1.165, 1.54) is 142 Å². The monoisotopic (exact) mass is 1370 g/mol. The highest BCUT2D eigenvalue weighted by molar-refractivity contribution is 4.86. The molecule has 0 nitrogen and oxygen atoms in total. The maximum atomic E-state index is 12.5. The minimum Gasteiger partial charge on any atom is -0.200 e. The zero-order valence-electron chi connectivity index (χ0n) is 74.4. The lowest BCUT2D eigenvalue weighted by atomic mass is 9.72. The summed E-state index contributed by atoms with van der Waals surface area (Å²) in [6, 6.07) is 0. The largest absolute Gasteiger partial charge is 0.394 e. The van der Waals surface area contributed by atoms with Crippen LogP contribution >= 0.6 is 0 Å². The van der Waals surface area contributed by atoms with Crippen molar-refractivity contribution in [3.05, 3.63) is 0 Å². The molecule has 4 saturated carbocycles. The summed E-state index contributed by atoms with van der Waals surface area (Å²) < 4.78 is 83.3. The van der Waals surface area contributed by atoms with E-state index in [4.69, 9.17) is 0 Å². The summed E-state index contributed by atoms with van der Waals surface area (Å²) >= 11 is 0. The van der Waals surface area contributed by atoms with Crippen molar-refractivity contribution in [1.82, 2.24) is 0 Å². The molecule has 4 aliphatic rings. The third kappa shape index (κ3) is 128. The second kappa shape index (κ2) is 73.7. The Labute approximate surface area is 597 Å². The van der Waals surface area contributed by atoms with Crippen LogP contribution in [0.15, 0.2) is 0 Å². The molecule has 0 heterocycles. The lowest BCUT2D eigenvalue weighted by Crippen LogP contribution is -2.38. The fraction of sp³-hybridized carbons (Fsp3) is 1.00. The van der Waals surface area contributed by atoms with Crippen molar-refractivity contribution in [3.8, 4) is 0 Å². The fourth-order valence-electron chi connectivity index (χ4n) is 6.20. The van der Waals surface area contributed by atoms with E-state index in [9.17, 15) is 30.7 Å². The minimum atomic E-state index is -4.01. The van der Waals surface area contributed by atoms with Crippen LogP contribution in [0.2, 0.25) is 0 Å². The predicted octanol–water partition coefficient (Wildman–Crippen LogP) is 36.2. The Morgan fingerprint density at radius 2 is 0.511 bits per heavy atom. The van der Waals surface area contributed by atoms with Gasteiger partial charge in [-0.25, -0.2) is 17.6 Å². The van der Waals surface area contributed by atoms with E-state index in [1.54, 1.807) is 0 Å². The Morgan fingerprint density at radius 1 is 0.330 bits per heavy atom. The van der Waals surface area contributed by atoms with E-state index in [-0.39, 0.29) is 13.8 Å². The lowest BCUT2D eigenvalue weighted by Gasteiger charge is -2.37. The van der Waals surface area contributed by atoms with Gasteiger partial charge in [0.05, 0.1) is 5.41 Å². The summed E-state index contributed by atoms with van der Waals surface area (Å²) in [5.41, 5.74) is 1.42. The van der Waals surface area contributed by atoms with Crippen molar-refractivity contribution < 1.29 is 30.7 Å². The summed E-state index contributed by atoms with van der Waals surface area (Å²) in [4.78, 5) is 0. The van der Waals surface area contributed by atoms with Crippen molar-refractivity contribution >= 4 is 0 Å². The number of hydrogen-bond acceptors (Lipinski definition) is 0. The van der Waals surface area contributed by atoms with Crippen LogP contribution in [0.4, 0.5) is 30.7 Å². The van der Waals surface area contributed by atoms with Crippen LogP contribution in [0, 0.1) is 79.8 Å². The smallest absolute Gasteiger partial charge is 0.200 e. The van der Waals surface area contributed by atoms with Crippen molar-refractivity contribution in [3.63, 3.8) is 0 Å². The molecule has 0 amide bonds. The molecule has 0 aromatic heterocycles. The van der Waals surface area contributed by atoms with E-state index >= 15 is 0 Å². The second-order valence-corrected chi connectivity index (χ2v) is 34.5. The van der Waals surface area contributed by atoms with Crippen LogP contribution in [0.5, 0.6) is 0 Å². The third-order valence-corrected chi connectivity index (χ3v) is 17.1. The SMILES string of the molecule is CC.CC.CC.CC.CC(C)(C)C.CC(C)C.CC(F)(F)C(C)(F)F.CC1CCC(C)(C(F)(F)F)CC1.CC1CCC(C)(C)CC1.CC1CCCC1.CC1CCCCC1.CCC(C)(C)C.CCC(C)(C)C.CCC(C)(C)CC.CCC(C)C.CCC(C)C.CCC(C)CC. The van der Waals surface area contributed by atoms with Gasteiger partial charge < -0.3 is 0 Å². The summed E-state index contributed by atoms with van der Waals surface area (Å²) in [7, 11) is 0. The first kappa shape index (κ1) is 123. The van der Waals surface area contributed by atoms with E-state index in [2.05, 4.69) is 228 Å². The van der Waals surface area contributed by atoms with Gasteiger partial charge in [0.25, 0.3) is 0 Å². The second-order valence-electron chi connectivity index (χ2n) is 34.5. The molecule has 0 bridgehead atoms. The van der Waals surface area contributed by atoms with Crippen molar-refractivity contribution in [2.24, 2.45) is 79.8 Å². The molecular formula is C87H193F7. The maximum Gasteiger partial charge on any atom is 0.394 e. The first-order chi connectivity index (χ1) is 42.3. The fourth-order valence-corrected chi connectivity index (χ4v) is 6.20. The van der Waals surface area contributed by atoms with Crippen LogP contribution in [0.1, 0.15) is 472 Å². The van der Waals surface area contributed by atoms with Gasteiger partial charge >= 0.3 is 18.0 Å². The van der Waals surface area contributed by atoms with Crippen LogP contribution in [0.25, 0.3) is 0 Å². The number of halogens is 7. The lowest BCUT2D eigenvalue weighted by molar-refractivity contribution is -0.229. The summed E-state index contributed by atoms with van der Waals surface area (Å²) in [5.74, 6) is -0.702. The molecular weight excluding hydrogens is 1180 g/mol. The Bertz CT molecular complexity index is 1260. The Balaban J connectivity index is -0.0000000687. The molecule has 94 heavy (non-hydrogen) atoms. The van der Waals surface area contributed by atoms with E-state index in [0.717, 1.165) is 54.3 Å². The molecule has 0 saturated heterocycles. The quantitative estimate of drug-likeness (QED) is 0.223. The van der Waals surface area contributed by atoms with Gasteiger partial charge in [-0.05, 0) is 113 Å². The van der Waals surface area contributed by atoms with Gasteiger partial charge in [-0.3, -0.25) is 0 Å². The zero-order chi connectivity index (χ0) is 78.8. The highest BCUT2D eigenvalue weighted by Crippen LogP contribution is 2.49. The van der Waals surface area contributed by atoms with Crippen molar-refractivity contribution in [2.75, 3.05) is 0 Å². The molecule has 4 aliphatic carbocycles. The topological polar surface area (TPSA) is 0 Å². The molecule has 0 unspecified atom stereocenters. The van der Waals surface area contributed by atoms with Gasteiger partial charge in [0, 0.05) is 13.8 Å². The molecule has 4 rings (SSSR count). The van der Waals surface area contributed by atoms with Gasteiger partial charge in [-0.1, -0.05) is 420 Å². The van der Waals surface area contributed by atoms with Crippen molar-refractivity contribution in [1.29, 1.82) is 0 Å². The van der Waals surface area contributed by atoms with Crippen LogP contribution in [-0.2, 0) is 0 Å². The summed E-state index contributed by atoms with van der Waals surface area (Å²) in [6.07, 6.45) is 27.6. The van der Waals surface area contributed by atoms with Gasteiger partial charge in [0.1, 0.15) is 0 Å². The van der Waals surface area contributed by atoms with E-state index < -0.39 is 23.4 Å². The maximum absolute atomic E-state index is 12.5. The van der Waals surface area contributed by atoms with E-state index in [1.807, 2.05) is 62.3 Å². The minimum absolute atomic E-state index is 0.188. The highest BCUT2D eigenvalue weighted by atomic mass is 19.4. The van der Waals surface area contributed by atoms with Gasteiger partial charge in [-0.15, -0.1) is 0 Å². The molecule has 590 valence electrons. The molecule has 0 radical (unpaired) electrons. The molecule has 0 N–H and O–H groups in total. The molecule has 0 aromatic carbocycles. The van der Waals surface area contributed by atoms with Gasteiger partial charge in [-0.2, -0.15) is 13.2 Å². The standard InChI is InChI=1S/C9H15F3.C9H18.C7H14.C7H16.C6H12.3C6H14.3C5H12.C4H6F4.C4H10.4C2H6/c1-7-3-5-8(2,6-4-7)9(10,11)12;1-8-4-6-9(2,3)7-5-8;1-7-5-3-2-4-6-7;1-5-7(3,4)6-2;1-6-4-2-3-5-6;2*1-5-6(2,3)4;1-4-6(3)5-2;1-5(2,3)4;2*1-4-5(2)3;1-3(5,6)4(2,7)8;1-4(2)3;4*1-2/h7H,3-6H2,1-2H3;8H,4-7H2,1-3H3;7H,2-6H2,1H3;5-6H2,1-4H3;6H,2-5H2,1H3;2*5H2,1-4H3;6H,4-5H2,1-3H3;1-4H3;2*5H,4H2,1-3H3;1-2H3;4H,1-3H3;4*1-2H3. The normalized spacial score (nSPS) is 17.7. The van der Waals surface area contributed by atoms with Gasteiger partial charge in [0.15, 0.2) is 0 Å². The summed E-state index contributed by atoms with van der Waals surface area (Å²) in [6.45, 7) is 93.8. The first-order valence-corrected chi connectivity index (χ1v) is 40.1. The van der Waals surface area contributed by atoms with E-state index in [0.29, 0.717) is 45.8 Å². The molecule has 0 atom stereocenters. The average Bonchev–Trinajstić information content (AvgIpc) is 0.924. The Hall–Kier alpha value is -0.490. The molecule has 0 spiro atoms. The summed E-state index contributed by atoms with van der Waals surface area (Å²) in [5, 5.41) is 0. The number of hydrogen-bond donors (Lipinski definition) is 0. The van der Waals surface area contributed by atoms with Crippen LogP contribution in [0.3, 0.4) is 0 Å². The zero-order valence-corrected chi connectivity index (χ0v) is 74.4. The van der Waals surface area contributed by atoms with Crippen LogP contribution < -0.4 is 0 Å².